The third kappa shape index (κ3) is 2.51. The van der Waals surface area contributed by atoms with E-state index in [2.05, 4.69) is 4.98 Å². The molecular weight excluding hydrogens is 224 g/mol. The number of aryl methyl sites for hydroxylation is 2. The van der Waals surface area contributed by atoms with Gasteiger partial charge in [0.05, 0.1) is 13.2 Å². The van der Waals surface area contributed by atoms with Crippen LogP contribution in [0.3, 0.4) is 0 Å². The third-order valence-electron chi connectivity index (χ3n) is 3.08. The number of hydrogen-bond acceptors (Lipinski definition) is 3. The zero-order valence-electron chi connectivity index (χ0n) is 11.0. The minimum atomic E-state index is -0.174. The van der Waals surface area contributed by atoms with Crippen LogP contribution in [-0.2, 0) is 0 Å². The summed E-state index contributed by atoms with van der Waals surface area (Å²) in [5.41, 5.74) is 10.4. The van der Waals surface area contributed by atoms with E-state index in [1.807, 2.05) is 50.4 Å². The molecule has 0 amide bonds. The summed E-state index contributed by atoms with van der Waals surface area (Å²) in [6.45, 7) is 3.98. The Bertz CT molecular complexity index is 535. The van der Waals surface area contributed by atoms with Crippen LogP contribution in [0.2, 0.25) is 0 Å². The Labute approximate surface area is 108 Å². The van der Waals surface area contributed by atoms with Crippen molar-refractivity contribution < 1.29 is 4.74 Å². The second-order valence-corrected chi connectivity index (χ2v) is 4.44. The van der Waals surface area contributed by atoms with E-state index in [0.29, 0.717) is 0 Å². The molecular formula is C15H18N2O. The van der Waals surface area contributed by atoms with Crippen molar-refractivity contribution in [3.05, 3.63) is 58.9 Å². The van der Waals surface area contributed by atoms with Crippen LogP contribution in [0.15, 0.2) is 36.5 Å². The van der Waals surface area contributed by atoms with E-state index in [1.165, 1.54) is 0 Å². The maximum atomic E-state index is 6.24. The highest BCUT2D eigenvalue weighted by atomic mass is 16.5. The normalized spacial score (nSPS) is 12.2. The lowest BCUT2D eigenvalue weighted by Crippen LogP contribution is -2.12. The van der Waals surface area contributed by atoms with Crippen molar-refractivity contribution in [1.29, 1.82) is 0 Å². The fraction of sp³-hybridized carbons (Fsp3) is 0.267. The average Bonchev–Trinajstić information content (AvgIpc) is 2.39. The van der Waals surface area contributed by atoms with Crippen LogP contribution in [0, 0.1) is 13.8 Å². The largest absolute Gasteiger partial charge is 0.496 e. The summed E-state index contributed by atoms with van der Waals surface area (Å²) in [7, 11) is 1.67. The van der Waals surface area contributed by atoms with Gasteiger partial charge in [-0.25, -0.2) is 0 Å². The van der Waals surface area contributed by atoms with E-state index in [4.69, 9.17) is 10.5 Å². The van der Waals surface area contributed by atoms with Crippen LogP contribution < -0.4 is 10.5 Å². The van der Waals surface area contributed by atoms with Gasteiger partial charge >= 0.3 is 0 Å². The van der Waals surface area contributed by atoms with E-state index in [9.17, 15) is 0 Å². The molecule has 0 aliphatic carbocycles. The molecule has 0 fully saturated rings. The number of benzene rings is 1. The standard InChI is InChI=1S/C15H18N2O/c1-10-4-6-12(8-14(10)18-3)15(16)13-7-5-11(2)17-9-13/h4-9,15H,16H2,1-3H3. The molecule has 2 N–H and O–H groups in total. The lowest BCUT2D eigenvalue weighted by atomic mass is 9.99. The van der Waals surface area contributed by atoms with Crippen molar-refractivity contribution in [2.75, 3.05) is 7.11 Å². The van der Waals surface area contributed by atoms with Gasteiger partial charge in [0.15, 0.2) is 0 Å². The van der Waals surface area contributed by atoms with Crippen molar-refractivity contribution in [2.24, 2.45) is 5.73 Å². The lowest BCUT2D eigenvalue weighted by molar-refractivity contribution is 0.411. The predicted molar refractivity (Wildman–Crippen MR) is 72.7 cm³/mol. The maximum Gasteiger partial charge on any atom is 0.122 e. The maximum absolute atomic E-state index is 6.24. The molecule has 1 aromatic carbocycles. The zero-order chi connectivity index (χ0) is 13.1. The summed E-state index contributed by atoms with van der Waals surface area (Å²) in [6, 6.07) is 9.85. The molecule has 3 heteroatoms. The highest BCUT2D eigenvalue weighted by Gasteiger charge is 2.11. The fourth-order valence-corrected chi connectivity index (χ4v) is 1.89. The second kappa shape index (κ2) is 5.19. The molecule has 18 heavy (non-hydrogen) atoms. The highest BCUT2D eigenvalue weighted by molar-refractivity contribution is 5.40. The number of nitrogens with two attached hydrogens (primary N) is 1. The van der Waals surface area contributed by atoms with Gasteiger partial charge in [0.1, 0.15) is 5.75 Å². The van der Waals surface area contributed by atoms with E-state index >= 15 is 0 Å². The average molecular weight is 242 g/mol. The first-order valence-corrected chi connectivity index (χ1v) is 5.94. The summed E-state index contributed by atoms with van der Waals surface area (Å²) < 4.78 is 5.32. The number of nitrogens with zero attached hydrogens (tertiary/aromatic N) is 1. The van der Waals surface area contributed by atoms with Crippen molar-refractivity contribution in [2.45, 2.75) is 19.9 Å². The van der Waals surface area contributed by atoms with Gasteiger partial charge in [-0.3, -0.25) is 4.98 Å². The number of aromatic nitrogens is 1. The highest BCUT2D eigenvalue weighted by Crippen LogP contribution is 2.25. The van der Waals surface area contributed by atoms with Crippen molar-refractivity contribution >= 4 is 0 Å². The van der Waals surface area contributed by atoms with Gasteiger partial charge in [0.2, 0.25) is 0 Å². The Hall–Kier alpha value is -1.87. The molecule has 0 bridgehead atoms. The van der Waals surface area contributed by atoms with Crippen LogP contribution in [0.5, 0.6) is 5.75 Å². The monoisotopic (exact) mass is 242 g/mol. The smallest absolute Gasteiger partial charge is 0.122 e. The quantitative estimate of drug-likeness (QED) is 0.900. The summed E-state index contributed by atoms with van der Waals surface area (Å²) in [5.74, 6) is 0.864. The van der Waals surface area contributed by atoms with Crippen LogP contribution in [-0.4, -0.2) is 12.1 Å². The Morgan fingerprint density at radius 1 is 1.11 bits per heavy atom. The lowest BCUT2D eigenvalue weighted by Gasteiger charge is -2.14. The van der Waals surface area contributed by atoms with Gasteiger partial charge in [0.25, 0.3) is 0 Å². The third-order valence-corrected chi connectivity index (χ3v) is 3.08. The van der Waals surface area contributed by atoms with E-state index < -0.39 is 0 Å². The SMILES string of the molecule is COc1cc(C(N)c2ccc(C)nc2)ccc1C. The van der Waals surface area contributed by atoms with Crippen LogP contribution in [0.4, 0.5) is 0 Å². The Morgan fingerprint density at radius 3 is 2.44 bits per heavy atom. The molecule has 0 radical (unpaired) electrons. The topological polar surface area (TPSA) is 48.1 Å². The Balaban J connectivity index is 2.33. The predicted octanol–water partition coefficient (Wildman–Crippen LogP) is 2.76. The Kier molecular flexibility index (Phi) is 3.63. The van der Waals surface area contributed by atoms with Crippen molar-refractivity contribution in [3.8, 4) is 5.75 Å². The van der Waals surface area contributed by atoms with Crippen molar-refractivity contribution in [1.82, 2.24) is 4.98 Å². The minimum Gasteiger partial charge on any atom is -0.496 e. The van der Waals surface area contributed by atoms with E-state index in [0.717, 1.165) is 28.1 Å². The summed E-state index contributed by atoms with van der Waals surface area (Å²) in [5, 5.41) is 0. The molecule has 2 rings (SSSR count). The molecule has 0 saturated heterocycles. The molecule has 1 atom stereocenters. The van der Waals surface area contributed by atoms with Gasteiger partial charge in [-0.15, -0.1) is 0 Å². The molecule has 0 aliphatic rings. The Morgan fingerprint density at radius 2 is 1.83 bits per heavy atom. The van der Waals surface area contributed by atoms with Gasteiger partial charge in [-0.2, -0.15) is 0 Å². The summed E-state index contributed by atoms with van der Waals surface area (Å²) in [6.07, 6.45) is 1.83. The number of rotatable bonds is 3. The molecule has 3 nitrogen and oxygen atoms in total. The first kappa shape index (κ1) is 12.6. The van der Waals surface area contributed by atoms with Crippen LogP contribution >= 0.6 is 0 Å². The molecule has 0 saturated carbocycles. The summed E-state index contributed by atoms with van der Waals surface area (Å²) >= 11 is 0. The van der Waals surface area contributed by atoms with Crippen LogP contribution in [0.25, 0.3) is 0 Å². The molecule has 2 aromatic rings. The first-order chi connectivity index (χ1) is 8.61. The van der Waals surface area contributed by atoms with Crippen LogP contribution in [0.1, 0.15) is 28.4 Å². The number of hydrogen-bond donors (Lipinski definition) is 1. The zero-order valence-corrected chi connectivity index (χ0v) is 11.0. The first-order valence-electron chi connectivity index (χ1n) is 5.94. The molecule has 0 aliphatic heterocycles. The fourth-order valence-electron chi connectivity index (χ4n) is 1.89. The number of ether oxygens (including phenoxy) is 1. The van der Waals surface area contributed by atoms with E-state index in [1.54, 1.807) is 7.11 Å². The van der Waals surface area contributed by atoms with E-state index in [-0.39, 0.29) is 6.04 Å². The number of methoxy groups -OCH3 is 1. The van der Waals surface area contributed by atoms with Gasteiger partial charge in [0, 0.05) is 11.9 Å². The molecule has 1 aromatic heterocycles. The molecule has 1 unspecified atom stereocenters. The molecule has 94 valence electrons. The second-order valence-electron chi connectivity index (χ2n) is 4.44. The van der Waals surface area contributed by atoms with Gasteiger partial charge < -0.3 is 10.5 Å². The van der Waals surface area contributed by atoms with Gasteiger partial charge in [-0.05, 0) is 42.7 Å². The minimum absolute atomic E-state index is 0.174. The molecule has 0 spiro atoms. The summed E-state index contributed by atoms with van der Waals surface area (Å²) in [4.78, 5) is 4.27. The number of pyridine rings is 1. The van der Waals surface area contributed by atoms with Crippen molar-refractivity contribution in [3.63, 3.8) is 0 Å². The molecule has 1 heterocycles. The van der Waals surface area contributed by atoms with Gasteiger partial charge in [-0.1, -0.05) is 18.2 Å².